The molecule has 126 valence electrons. The SMILES string of the molecule is Cc1cc(C)c(C#N)c(N2C[C@@H](CS(=O)(=O)N(C)C)[C@H](O)C2)n1. The van der Waals surface area contributed by atoms with Gasteiger partial charge in [0.1, 0.15) is 11.9 Å². The summed E-state index contributed by atoms with van der Waals surface area (Å²) in [6, 6.07) is 3.99. The molecular formula is C15H22N4O3S. The highest BCUT2D eigenvalue weighted by atomic mass is 32.2. The Morgan fingerprint density at radius 3 is 2.65 bits per heavy atom. The van der Waals surface area contributed by atoms with Gasteiger partial charge in [-0.1, -0.05) is 0 Å². The molecule has 0 radical (unpaired) electrons. The molecule has 1 saturated heterocycles. The van der Waals surface area contributed by atoms with Crippen LogP contribution < -0.4 is 4.90 Å². The minimum Gasteiger partial charge on any atom is -0.391 e. The molecule has 2 rings (SSSR count). The summed E-state index contributed by atoms with van der Waals surface area (Å²) in [5, 5.41) is 19.6. The van der Waals surface area contributed by atoms with Gasteiger partial charge in [-0.15, -0.1) is 0 Å². The van der Waals surface area contributed by atoms with Crippen LogP contribution in [0.1, 0.15) is 16.8 Å². The highest BCUT2D eigenvalue weighted by molar-refractivity contribution is 7.89. The molecule has 1 fully saturated rings. The molecule has 0 unspecified atom stereocenters. The van der Waals surface area contributed by atoms with Gasteiger partial charge in [0.05, 0.1) is 17.4 Å². The number of aliphatic hydroxyl groups excluding tert-OH is 1. The van der Waals surface area contributed by atoms with Crippen molar-refractivity contribution >= 4 is 15.8 Å². The Kier molecular flexibility index (Phi) is 4.94. The first-order valence-corrected chi connectivity index (χ1v) is 8.98. The third-order valence-corrected chi connectivity index (χ3v) is 6.09. The van der Waals surface area contributed by atoms with E-state index in [1.807, 2.05) is 19.9 Å². The third-order valence-electron chi connectivity index (χ3n) is 4.12. The molecule has 0 aromatic carbocycles. The molecule has 1 aromatic rings. The number of sulfonamides is 1. The van der Waals surface area contributed by atoms with E-state index in [-0.39, 0.29) is 12.3 Å². The van der Waals surface area contributed by atoms with Gasteiger partial charge in [-0.3, -0.25) is 0 Å². The van der Waals surface area contributed by atoms with E-state index in [9.17, 15) is 18.8 Å². The number of hydrogen-bond acceptors (Lipinski definition) is 6. The Balaban J connectivity index is 2.28. The number of aryl methyl sites for hydroxylation is 2. The topological polar surface area (TPSA) is 97.5 Å². The van der Waals surface area contributed by atoms with E-state index in [4.69, 9.17) is 0 Å². The summed E-state index contributed by atoms with van der Waals surface area (Å²) in [4.78, 5) is 6.22. The second-order valence-electron chi connectivity index (χ2n) is 6.18. The van der Waals surface area contributed by atoms with Crippen LogP contribution in [0.2, 0.25) is 0 Å². The van der Waals surface area contributed by atoms with E-state index >= 15 is 0 Å². The van der Waals surface area contributed by atoms with Crippen molar-refractivity contribution in [1.82, 2.24) is 9.29 Å². The Bertz CT molecular complexity index is 740. The molecule has 0 amide bonds. The van der Waals surface area contributed by atoms with Crippen LogP contribution in [0, 0.1) is 31.1 Å². The monoisotopic (exact) mass is 338 g/mol. The highest BCUT2D eigenvalue weighted by Gasteiger charge is 2.36. The van der Waals surface area contributed by atoms with Crippen LogP contribution in [0.5, 0.6) is 0 Å². The van der Waals surface area contributed by atoms with Gasteiger partial charge in [0.2, 0.25) is 10.0 Å². The number of nitrogens with zero attached hydrogens (tertiary/aromatic N) is 4. The van der Waals surface area contributed by atoms with Crippen LogP contribution in [0.25, 0.3) is 0 Å². The van der Waals surface area contributed by atoms with E-state index in [0.717, 1.165) is 15.6 Å². The molecule has 1 N–H and O–H groups in total. The van der Waals surface area contributed by atoms with E-state index in [1.165, 1.54) is 14.1 Å². The molecule has 8 heteroatoms. The van der Waals surface area contributed by atoms with Gasteiger partial charge in [-0.05, 0) is 25.5 Å². The van der Waals surface area contributed by atoms with E-state index < -0.39 is 22.0 Å². The Morgan fingerprint density at radius 2 is 2.09 bits per heavy atom. The largest absolute Gasteiger partial charge is 0.391 e. The van der Waals surface area contributed by atoms with Crippen LogP contribution in [0.4, 0.5) is 5.82 Å². The van der Waals surface area contributed by atoms with Gasteiger partial charge < -0.3 is 10.0 Å². The van der Waals surface area contributed by atoms with Gasteiger partial charge in [0.15, 0.2) is 0 Å². The number of nitriles is 1. The van der Waals surface area contributed by atoms with E-state index in [0.29, 0.717) is 17.9 Å². The summed E-state index contributed by atoms with van der Waals surface area (Å²) in [5.74, 6) is -0.00461. The average molecular weight is 338 g/mol. The minimum absolute atomic E-state index is 0.121. The van der Waals surface area contributed by atoms with Crippen LogP contribution in [-0.2, 0) is 10.0 Å². The molecule has 0 saturated carbocycles. The zero-order valence-corrected chi connectivity index (χ0v) is 14.6. The van der Waals surface area contributed by atoms with Gasteiger partial charge in [0.25, 0.3) is 0 Å². The van der Waals surface area contributed by atoms with Crippen molar-refractivity contribution in [2.24, 2.45) is 5.92 Å². The van der Waals surface area contributed by atoms with Crippen LogP contribution in [0.15, 0.2) is 6.07 Å². The lowest BCUT2D eigenvalue weighted by Crippen LogP contribution is -2.33. The lowest BCUT2D eigenvalue weighted by Gasteiger charge is -2.20. The predicted octanol–water partition coefficient (Wildman–Crippen LogP) is 0.259. The first-order chi connectivity index (χ1) is 10.7. The van der Waals surface area contributed by atoms with Crippen molar-refractivity contribution in [2.75, 3.05) is 37.8 Å². The summed E-state index contributed by atoms with van der Waals surface area (Å²) in [6.07, 6.45) is -0.765. The van der Waals surface area contributed by atoms with Gasteiger partial charge in [0, 0.05) is 38.8 Å². The first-order valence-electron chi connectivity index (χ1n) is 7.37. The quantitative estimate of drug-likeness (QED) is 0.846. The van der Waals surface area contributed by atoms with Crippen LogP contribution in [-0.4, -0.2) is 61.9 Å². The maximum absolute atomic E-state index is 12.0. The molecular weight excluding hydrogens is 316 g/mol. The number of hydrogen-bond donors (Lipinski definition) is 1. The molecule has 1 aliphatic rings. The average Bonchev–Trinajstić information content (AvgIpc) is 2.78. The van der Waals surface area contributed by atoms with E-state index in [2.05, 4.69) is 11.1 Å². The van der Waals surface area contributed by atoms with Crippen molar-refractivity contribution in [1.29, 1.82) is 5.26 Å². The van der Waals surface area contributed by atoms with Crippen molar-refractivity contribution in [3.05, 3.63) is 22.9 Å². The number of β-amino-alcohol motifs (C(OH)–C–C–N with tert-alkyl or cyclic N) is 1. The summed E-state index contributed by atoms with van der Waals surface area (Å²) in [7, 11) is -0.431. The Morgan fingerprint density at radius 1 is 1.43 bits per heavy atom. The summed E-state index contributed by atoms with van der Waals surface area (Å²) >= 11 is 0. The molecule has 0 bridgehead atoms. The molecule has 2 heterocycles. The zero-order valence-electron chi connectivity index (χ0n) is 13.8. The standard InChI is InChI=1S/C15H22N4O3S/c1-10-5-11(2)17-15(13(10)6-16)19-7-12(14(20)8-19)9-23(21,22)18(3)4/h5,12,14,20H,7-9H2,1-4H3/t12-,14+/m0/s1. The molecule has 0 aliphatic carbocycles. The fourth-order valence-electron chi connectivity index (χ4n) is 2.79. The summed E-state index contributed by atoms with van der Waals surface area (Å²) in [6.45, 7) is 4.33. The minimum atomic E-state index is -3.39. The summed E-state index contributed by atoms with van der Waals surface area (Å²) in [5.41, 5.74) is 2.09. The first kappa shape index (κ1) is 17.7. The van der Waals surface area contributed by atoms with Crippen molar-refractivity contribution in [3.8, 4) is 6.07 Å². The normalized spacial score (nSPS) is 21.7. The van der Waals surface area contributed by atoms with Gasteiger partial charge >= 0.3 is 0 Å². The molecule has 1 aliphatic heterocycles. The Hall–Kier alpha value is -1.69. The molecule has 0 spiro atoms. The maximum atomic E-state index is 12.0. The highest BCUT2D eigenvalue weighted by Crippen LogP contribution is 2.28. The fraction of sp³-hybridized carbons (Fsp3) is 0.600. The van der Waals surface area contributed by atoms with E-state index in [1.54, 1.807) is 4.90 Å². The zero-order chi connectivity index (χ0) is 17.4. The molecule has 2 atom stereocenters. The number of aromatic nitrogens is 1. The third kappa shape index (κ3) is 3.63. The second kappa shape index (κ2) is 6.43. The number of aliphatic hydroxyl groups is 1. The fourth-order valence-corrected chi connectivity index (χ4v) is 3.96. The number of rotatable bonds is 4. The second-order valence-corrected chi connectivity index (χ2v) is 8.41. The predicted molar refractivity (Wildman–Crippen MR) is 87.6 cm³/mol. The summed E-state index contributed by atoms with van der Waals surface area (Å²) < 4.78 is 25.2. The van der Waals surface area contributed by atoms with Gasteiger partial charge in [-0.2, -0.15) is 5.26 Å². The maximum Gasteiger partial charge on any atom is 0.214 e. The van der Waals surface area contributed by atoms with Gasteiger partial charge in [-0.25, -0.2) is 17.7 Å². The molecule has 23 heavy (non-hydrogen) atoms. The Labute approximate surface area is 137 Å². The van der Waals surface area contributed by atoms with Crippen molar-refractivity contribution in [3.63, 3.8) is 0 Å². The number of anilines is 1. The van der Waals surface area contributed by atoms with Crippen LogP contribution >= 0.6 is 0 Å². The van der Waals surface area contributed by atoms with Crippen molar-refractivity contribution < 1.29 is 13.5 Å². The van der Waals surface area contributed by atoms with Crippen molar-refractivity contribution in [2.45, 2.75) is 20.0 Å². The lowest BCUT2D eigenvalue weighted by atomic mass is 10.1. The molecule has 1 aromatic heterocycles. The molecule has 7 nitrogen and oxygen atoms in total. The van der Waals surface area contributed by atoms with Crippen LogP contribution in [0.3, 0.4) is 0 Å². The lowest BCUT2D eigenvalue weighted by molar-refractivity contribution is 0.157. The number of pyridine rings is 1. The smallest absolute Gasteiger partial charge is 0.214 e.